The van der Waals surface area contributed by atoms with Crippen LogP contribution in [-0.2, 0) is 26.2 Å². The van der Waals surface area contributed by atoms with Gasteiger partial charge < -0.3 is 10.2 Å². The average Bonchev–Trinajstić information content (AvgIpc) is 3.43. The second kappa shape index (κ2) is 12.9. The molecule has 3 aromatic rings. The lowest BCUT2D eigenvalue weighted by Crippen LogP contribution is -2.52. The highest BCUT2D eigenvalue weighted by molar-refractivity contribution is 7.92. The molecule has 1 atom stereocenters. The van der Waals surface area contributed by atoms with Crippen molar-refractivity contribution >= 4 is 50.7 Å². The predicted octanol–water partition coefficient (Wildman–Crippen LogP) is 5.66. The molecule has 3 aromatic carbocycles. The second-order valence-corrected chi connectivity index (χ2v) is 12.4. The van der Waals surface area contributed by atoms with Crippen LogP contribution in [0.5, 0.6) is 0 Å². The number of hydrogen-bond acceptors (Lipinski definition) is 4. The largest absolute Gasteiger partial charge is 0.352 e. The first-order valence-corrected chi connectivity index (χ1v) is 15.0. The minimum atomic E-state index is -4.14. The number of halogens is 2. The van der Waals surface area contributed by atoms with E-state index in [1.165, 1.54) is 29.2 Å². The van der Waals surface area contributed by atoms with Crippen molar-refractivity contribution in [2.45, 2.75) is 56.1 Å². The fourth-order valence-electron chi connectivity index (χ4n) is 4.66. The number of anilines is 1. The Balaban J connectivity index is 1.66. The summed E-state index contributed by atoms with van der Waals surface area (Å²) in [6, 6.07) is 20.5. The van der Waals surface area contributed by atoms with Crippen LogP contribution in [0.25, 0.3) is 0 Å². The Morgan fingerprint density at radius 3 is 2.23 bits per heavy atom. The lowest BCUT2D eigenvalue weighted by Gasteiger charge is -2.32. The molecule has 7 nitrogen and oxygen atoms in total. The quantitative estimate of drug-likeness (QED) is 0.331. The molecule has 0 heterocycles. The zero-order chi connectivity index (χ0) is 28.0. The average molecular weight is 589 g/mol. The monoisotopic (exact) mass is 587 g/mol. The Bertz CT molecular complexity index is 1400. The molecular weight excluding hydrogens is 557 g/mol. The molecule has 4 rings (SSSR count). The van der Waals surface area contributed by atoms with Crippen LogP contribution in [-0.4, -0.2) is 43.8 Å². The minimum Gasteiger partial charge on any atom is -0.352 e. The molecule has 1 fully saturated rings. The van der Waals surface area contributed by atoms with Gasteiger partial charge >= 0.3 is 0 Å². The molecule has 2 amide bonds. The molecule has 0 aliphatic heterocycles. The summed E-state index contributed by atoms with van der Waals surface area (Å²) in [5, 5.41) is 3.95. The fourth-order valence-corrected chi connectivity index (χ4v) is 6.42. The SMILES string of the molecule is C[C@@H](C(=O)NC1CCCC1)N(Cc1cccc(Cl)c1)C(=O)CN(c1ccccc1)S(=O)(=O)c1ccc(Cl)cc1. The number of sulfonamides is 1. The molecule has 1 aliphatic carbocycles. The molecule has 1 N–H and O–H groups in total. The maximum absolute atomic E-state index is 13.9. The van der Waals surface area contributed by atoms with E-state index in [2.05, 4.69) is 5.32 Å². The molecule has 0 bridgehead atoms. The van der Waals surface area contributed by atoms with Gasteiger partial charge in [-0.2, -0.15) is 0 Å². The highest BCUT2D eigenvalue weighted by atomic mass is 35.5. The maximum atomic E-state index is 13.9. The summed E-state index contributed by atoms with van der Waals surface area (Å²) in [7, 11) is -4.14. The van der Waals surface area contributed by atoms with Gasteiger partial charge in [0.05, 0.1) is 10.6 Å². The molecule has 206 valence electrons. The summed E-state index contributed by atoms with van der Waals surface area (Å²) in [4.78, 5) is 28.6. The van der Waals surface area contributed by atoms with E-state index < -0.39 is 28.5 Å². The smallest absolute Gasteiger partial charge is 0.264 e. The number of hydrogen-bond donors (Lipinski definition) is 1. The Labute approximate surface area is 239 Å². The lowest BCUT2D eigenvalue weighted by molar-refractivity contribution is -0.139. The predicted molar refractivity (Wildman–Crippen MR) is 154 cm³/mol. The van der Waals surface area contributed by atoms with Crippen molar-refractivity contribution in [3.63, 3.8) is 0 Å². The van der Waals surface area contributed by atoms with Crippen molar-refractivity contribution in [1.82, 2.24) is 10.2 Å². The van der Waals surface area contributed by atoms with Crippen LogP contribution in [0.15, 0.2) is 83.8 Å². The molecular formula is C29H31Cl2N3O4S. The first-order valence-electron chi connectivity index (χ1n) is 12.8. The molecule has 0 unspecified atom stereocenters. The van der Waals surface area contributed by atoms with Crippen molar-refractivity contribution in [2.75, 3.05) is 10.8 Å². The minimum absolute atomic E-state index is 0.00281. The van der Waals surface area contributed by atoms with Crippen molar-refractivity contribution in [2.24, 2.45) is 0 Å². The van der Waals surface area contributed by atoms with E-state index >= 15 is 0 Å². The summed E-state index contributed by atoms with van der Waals surface area (Å²) in [6.07, 6.45) is 3.92. The second-order valence-electron chi connectivity index (χ2n) is 9.62. The third kappa shape index (κ3) is 7.32. The van der Waals surface area contributed by atoms with E-state index in [1.54, 1.807) is 55.5 Å². The number of nitrogens with zero attached hydrogens (tertiary/aromatic N) is 2. The van der Waals surface area contributed by atoms with E-state index in [1.807, 2.05) is 6.07 Å². The topological polar surface area (TPSA) is 86.8 Å². The zero-order valence-corrected chi connectivity index (χ0v) is 23.9. The molecule has 0 aromatic heterocycles. The van der Waals surface area contributed by atoms with Crippen molar-refractivity contribution in [1.29, 1.82) is 0 Å². The Morgan fingerprint density at radius 1 is 0.923 bits per heavy atom. The van der Waals surface area contributed by atoms with Crippen LogP contribution in [0.1, 0.15) is 38.2 Å². The van der Waals surface area contributed by atoms with E-state index in [9.17, 15) is 18.0 Å². The van der Waals surface area contributed by atoms with Gasteiger partial charge in [0, 0.05) is 22.6 Å². The van der Waals surface area contributed by atoms with E-state index in [4.69, 9.17) is 23.2 Å². The van der Waals surface area contributed by atoms with Crippen molar-refractivity contribution in [3.05, 3.63) is 94.5 Å². The van der Waals surface area contributed by atoms with Crippen molar-refractivity contribution in [3.8, 4) is 0 Å². The number of carbonyl (C=O) groups excluding carboxylic acids is 2. The van der Waals surface area contributed by atoms with E-state index in [-0.39, 0.29) is 23.4 Å². The Kier molecular flexibility index (Phi) is 9.53. The fraction of sp³-hybridized carbons (Fsp3) is 0.310. The van der Waals surface area contributed by atoms with Gasteiger partial charge in [-0.1, -0.05) is 66.4 Å². The molecule has 39 heavy (non-hydrogen) atoms. The van der Waals surface area contributed by atoms with Gasteiger partial charge in [-0.05, 0) is 73.9 Å². The molecule has 0 spiro atoms. The van der Waals surface area contributed by atoms with Crippen LogP contribution >= 0.6 is 23.2 Å². The standard InChI is InChI=1S/C29H31Cl2N3O4S/c1-21(29(36)32-25-10-5-6-11-25)33(19-22-8-7-9-24(31)18-22)28(35)20-34(26-12-3-2-4-13-26)39(37,38)27-16-14-23(30)15-17-27/h2-4,7-9,12-18,21,25H,5-6,10-11,19-20H2,1H3,(H,32,36)/t21-/m0/s1. The molecule has 1 saturated carbocycles. The van der Waals surface area contributed by atoms with Gasteiger partial charge in [0.15, 0.2) is 0 Å². The van der Waals surface area contributed by atoms with Gasteiger partial charge in [0.2, 0.25) is 11.8 Å². The summed E-state index contributed by atoms with van der Waals surface area (Å²) in [5.41, 5.74) is 1.05. The number of carbonyl (C=O) groups is 2. The molecule has 0 saturated heterocycles. The van der Waals surface area contributed by atoms with Gasteiger partial charge in [0.1, 0.15) is 12.6 Å². The number of benzene rings is 3. The summed E-state index contributed by atoms with van der Waals surface area (Å²) in [5.74, 6) is -0.797. The molecule has 0 radical (unpaired) electrons. The molecule has 10 heteroatoms. The highest BCUT2D eigenvalue weighted by Gasteiger charge is 2.33. The van der Waals surface area contributed by atoms with Crippen LogP contribution < -0.4 is 9.62 Å². The Hall–Kier alpha value is -3.07. The van der Waals surface area contributed by atoms with Gasteiger partial charge in [0.25, 0.3) is 10.0 Å². The maximum Gasteiger partial charge on any atom is 0.264 e. The highest BCUT2D eigenvalue weighted by Crippen LogP contribution is 2.26. The zero-order valence-electron chi connectivity index (χ0n) is 21.6. The number of para-hydroxylation sites is 1. The van der Waals surface area contributed by atoms with E-state index in [0.717, 1.165) is 35.6 Å². The van der Waals surface area contributed by atoms with Crippen LogP contribution in [0.3, 0.4) is 0 Å². The first kappa shape index (κ1) is 28.9. The van der Waals surface area contributed by atoms with Crippen LogP contribution in [0.4, 0.5) is 5.69 Å². The number of amides is 2. The normalized spacial score (nSPS) is 14.5. The summed E-state index contributed by atoms with van der Waals surface area (Å²) in [6.45, 7) is 1.24. The first-order chi connectivity index (χ1) is 18.6. The van der Waals surface area contributed by atoms with Gasteiger partial charge in [-0.25, -0.2) is 8.42 Å². The molecule has 1 aliphatic rings. The number of rotatable bonds is 10. The lowest BCUT2D eigenvalue weighted by atomic mass is 10.1. The van der Waals surface area contributed by atoms with Gasteiger partial charge in [-0.3, -0.25) is 13.9 Å². The van der Waals surface area contributed by atoms with Gasteiger partial charge in [-0.15, -0.1) is 0 Å². The van der Waals surface area contributed by atoms with Crippen LogP contribution in [0, 0.1) is 0 Å². The third-order valence-corrected chi connectivity index (χ3v) is 9.11. The van der Waals surface area contributed by atoms with E-state index in [0.29, 0.717) is 15.7 Å². The summed E-state index contributed by atoms with van der Waals surface area (Å²) < 4.78 is 28.6. The third-order valence-electron chi connectivity index (χ3n) is 6.84. The summed E-state index contributed by atoms with van der Waals surface area (Å²) >= 11 is 12.2. The van der Waals surface area contributed by atoms with Crippen molar-refractivity contribution < 1.29 is 18.0 Å². The Morgan fingerprint density at radius 2 is 1.59 bits per heavy atom. The van der Waals surface area contributed by atoms with Crippen LogP contribution in [0.2, 0.25) is 10.0 Å². The number of nitrogens with one attached hydrogen (secondary N) is 1.